The summed E-state index contributed by atoms with van der Waals surface area (Å²) in [5.41, 5.74) is 2.99. The molecule has 0 atom stereocenters. The second-order valence-electron chi connectivity index (χ2n) is 4.13. The summed E-state index contributed by atoms with van der Waals surface area (Å²) in [5, 5.41) is 9.74. The van der Waals surface area contributed by atoms with Gasteiger partial charge in [0.05, 0.1) is 23.3 Å². The number of fused-ring (bicyclic) bond motifs is 1. The van der Waals surface area contributed by atoms with Gasteiger partial charge in [-0.3, -0.25) is 4.40 Å². The third-order valence-electron chi connectivity index (χ3n) is 2.86. The molecule has 3 aromatic rings. The largest absolute Gasteiger partial charge is 0.295 e. The minimum absolute atomic E-state index is 0.694. The summed E-state index contributed by atoms with van der Waals surface area (Å²) < 4.78 is 2.08. The van der Waals surface area contributed by atoms with Crippen LogP contribution in [-0.4, -0.2) is 9.38 Å². The quantitative estimate of drug-likeness (QED) is 0.681. The zero-order valence-electron chi connectivity index (χ0n) is 10.2. The van der Waals surface area contributed by atoms with Gasteiger partial charge in [-0.25, -0.2) is 4.98 Å². The first-order chi connectivity index (χ1) is 9.36. The summed E-state index contributed by atoms with van der Waals surface area (Å²) in [4.78, 5) is 4.42. The van der Waals surface area contributed by atoms with Crippen molar-refractivity contribution in [2.75, 3.05) is 0 Å². The van der Waals surface area contributed by atoms with Crippen molar-refractivity contribution in [3.63, 3.8) is 0 Å². The van der Waals surface area contributed by atoms with Crippen LogP contribution in [0, 0.1) is 11.3 Å². The minimum atomic E-state index is 0.694. The average molecular weight is 265 g/mol. The fourth-order valence-electron chi connectivity index (χ4n) is 1.85. The number of thioether (sulfide) groups is 1. The van der Waals surface area contributed by atoms with E-state index in [0.29, 0.717) is 5.56 Å². The predicted octanol–water partition coefficient (Wildman–Crippen LogP) is 3.50. The fourth-order valence-corrected chi connectivity index (χ4v) is 2.77. The Balaban J connectivity index is 1.77. The molecule has 0 aliphatic rings. The van der Waals surface area contributed by atoms with Crippen LogP contribution in [0.2, 0.25) is 0 Å². The lowest BCUT2D eigenvalue weighted by Crippen LogP contribution is -1.87. The Morgan fingerprint density at radius 1 is 1.16 bits per heavy atom. The minimum Gasteiger partial charge on any atom is -0.295 e. The van der Waals surface area contributed by atoms with E-state index in [9.17, 15) is 0 Å². The van der Waals surface area contributed by atoms with Crippen LogP contribution in [0.25, 0.3) is 5.52 Å². The molecule has 0 aliphatic heterocycles. The van der Waals surface area contributed by atoms with Gasteiger partial charge >= 0.3 is 0 Å². The number of nitrogens with zero attached hydrogens (tertiary/aromatic N) is 3. The van der Waals surface area contributed by atoms with Gasteiger partial charge in [-0.05, 0) is 29.8 Å². The van der Waals surface area contributed by atoms with E-state index in [1.54, 1.807) is 11.8 Å². The second-order valence-corrected chi connectivity index (χ2v) is 5.08. The lowest BCUT2D eigenvalue weighted by atomic mass is 10.2. The Labute approximate surface area is 115 Å². The third-order valence-corrected chi connectivity index (χ3v) is 3.89. The van der Waals surface area contributed by atoms with Crippen LogP contribution >= 0.6 is 11.8 Å². The Hall–Kier alpha value is -2.25. The molecule has 3 nitrogen and oxygen atoms in total. The van der Waals surface area contributed by atoms with Gasteiger partial charge in [-0.2, -0.15) is 5.26 Å². The topological polar surface area (TPSA) is 41.1 Å². The van der Waals surface area contributed by atoms with E-state index < -0.39 is 0 Å². The van der Waals surface area contributed by atoms with E-state index in [4.69, 9.17) is 5.26 Å². The summed E-state index contributed by atoms with van der Waals surface area (Å²) in [7, 11) is 0. The number of hydrogen-bond acceptors (Lipinski definition) is 3. The van der Waals surface area contributed by atoms with Gasteiger partial charge in [0.25, 0.3) is 0 Å². The van der Waals surface area contributed by atoms with Gasteiger partial charge in [0.2, 0.25) is 0 Å². The smallest absolute Gasteiger partial charge is 0.172 e. The van der Waals surface area contributed by atoms with Crippen LogP contribution in [0.5, 0.6) is 0 Å². The molecule has 2 aromatic heterocycles. The summed E-state index contributed by atoms with van der Waals surface area (Å²) in [5.74, 6) is 0.847. The highest BCUT2D eigenvalue weighted by Crippen LogP contribution is 2.22. The van der Waals surface area contributed by atoms with Crippen LogP contribution in [0.3, 0.4) is 0 Å². The predicted molar refractivity (Wildman–Crippen MR) is 75.9 cm³/mol. The highest BCUT2D eigenvalue weighted by atomic mass is 32.2. The molecule has 1 aromatic carbocycles. The van der Waals surface area contributed by atoms with E-state index in [0.717, 1.165) is 16.4 Å². The monoisotopic (exact) mass is 265 g/mol. The van der Waals surface area contributed by atoms with Crippen LogP contribution in [0.4, 0.5) is 0 Å². The van der Waals surface area contributed by atoms with Crippen molar-refractivity contribution < 1.29 is 0 Å². The number of pyridine rings is 1. The Kier molecular flexibility index (Phi) is 3.21. The first-order valence-corrected chi connectivity index (χ1v) is 6.89. The van der Waals surface area contributed by atoms with Crippen LogP contribution in [0.1, 0.15) is 11.1 Å². The number of nitriles is 1. The van der Waals surface area contributed by atoms with Gasteiger partial charge in [0, 0.05) is 11.9 Å². The van der Waals surface area contributed by atoms with Crippen molar-refractivity contribution in [2.45, 2.75) is 10.9 Å². The normalized spacial score (nSPS) is 10.5. The molecule has 4 heteroatoms. The molecule has 92 valence electrons. The summed E-state index contributed by atoms with van der Waals surface area (Å²) >= 11 is 1.69. The van der Waals surface area contributed by atoms with E-state index in [2.05, 4.69) is 15.5 Å². The molecule has 0 saturated carbocycles. The highest BCUT2D eigenvalue weighted by Gasteiger charge is 2.03. The molecular weight excluding hydrogens is 254 g/mol. The maximum absolute atomic E-state index is 8.76. The molecule has 0 saturated heterocycles. The summed E-state index contributed by atoms with van der Waals surface area (Å²) in [6.07, 6.45) is 3.89. The fraction of sp³-hybridized carbons (Fsp3) is 0.0667. The van der Waals surface area contributed by atoms with E-state index in [-0.39, 0.29) is 0 Å². The Morgan fingerprint density at radius 3 is 2.79 bits per heavy atom. The molecule has 2 heterocycles. The average Bonchev–Trinajstić information content (AvgIpc) is 2.89. The first-order valence-electron chi connectivity index (χ1n) is 5.91. The molecule has 0 radical (unpaired) electrons. The lowest BCUT2D eigenvalue weighted by molar-refractivity contribution is 0.957. The SMILES string of the molecule is N#Cc1ccc(CSc2ncc3ccccn23)cc1. The third kappa shape index (κ3) is 2.47. The lowest BCUT2D eigenvalue weighted by Gasteiger charge is -2.01. The second kappa shape index (κ2) is 5.17. The van der Waals surface area contributed by atoms with E-state index in [1.165, 1.54) is 5.56 Å². The maximum atomic E-state index is 8.76. The molecule has 0 spiro atoms. The first kappa shape index (κ1) is 11.8. The van der Waals surface area contributed by atoms with Gasteiger partial charge in [-0.15, -0.1) is 0 Å². The molecule has 0 unspecified atom stereocenters. The Bertz CT molecular complexity index is 738. The molecule has 0 N–H and O–H groups in total. The maximum Gasteiger partial charge on any atom is 0.172 e. The van der Waals surface area contributed by atoms with Gasteiger partial charge in [0.15, 0.2) is 5.16 Å². The van der Waals surface area contributed by atoms with Crippen molar-refractivity contribution >= 4 is 17.3 Å². The van der Waals surface area contributed by atoms with Crippen molar-refractivity contribution in [3.05, 3.63) is 66.0 Å². The molecule has 3 rings (SSSR count). The van der Waals surface area contributed by atoms with Crippen LogP contribution in [-0.2, 0) is 5.75 Å². The summed E-state index contributed by atoms with van der Waals surface area (Å²) in [6.45, 7) is 0. The van der Waals surface area contributed by atoms with Crippen LogP contribution in [0.15, 0.2) is 60.0 Å². The molecule has 0 amide bonds. The van der Waals surface area contributed by atoms with Gasteiger partial charge in [0.1, 0.15) is 0 Å². The number of hydrogen-bond donors (Lipinski definition) is 0. The number of benzene rings is 1. The van der Waals surface area contributed by atoms with Crippen molar-refractivity contribution in [2.24, 2.45) is 0 Å². The molecule has 19 heavy (non-hydrogen) atoms. The standard InChI is InChI=1S/C15H11N3S/c16-9-12-4-6-13(7-5-12)11-19-15-17-10-14-3-1-2-8-18(14)15/h1-8,10H,11H2. The Morgan fingerprint density at radius 2 is 2.00 bits per heavy atom. The zero-order chi connectivity index (χ0) is 13.1. The van der Waals surface area contributed by atoms with Gasteiger partial charge in [-0.1, -0.05) is 30.0 Å². The van der Waals surface area contributed by atoms with Crippen molar-refractivity contribution in [1.82, 2.24) is 9.38 Å². The zero-order valence-corrected chi connectivity index (χ0v) is 11.0. The van der Waals surface area contributed by atoms with Crippen molar-refractivity contribution in [1.29, 1.82) is 5.26 Å². The number of imidazole rings is 1. The van der Waals surface area contributed by atoms with Crippen molar-refractivity contribution in [3.8, 4) is 6.07 Å². The molecule has 0 bridgehead atoms. The molecule has 0 aliphatic carbocycles. The molecular formula is C15H11N3S. The summed E-state index contributed by atoms with van der Waals surface area (Å²) in [6, 6.07) is 15.8. The van der Waals surface area contributed by atoms with E-state index in [1.807, 2.05) is 54.9 Å². The van der Waals surface area contributed by atoms with Gasteiger partial charge < -0.3 is 0 Å². The van der Waals surface area contributed by atoms with E-state index >= 15 is 0 Å². The molecule has 0 fully saturated rings. The number of aromatic nitrogens is 2. The van der Waals surface area contributed by atoms with Crippen LogP contribution < -0.4 is 0 Å². The highest BCUT2D eigenvalue weighted by molar-refractivity contribution is 7.98. The number of rotatable bonds is 3.